The number of nitrogens with zero attached hydrogens (tertiary/aromatic N) is 3. The maximum absolute atomic E-state index is 11.0. The highest BCUT2D eigenvalue weighted by atomic mass is 16.6. The van der Waals surface area contributed by atoms with Crippen molar-refractivity contribution in [2.75, 3.05) is 7.11 Å². The number of hydrogen-bond acceptors (Lipinski definition) is 6. The maximum atomic E-state index is 11.0. The van der Waals surface area contributed by atoms with E-state index in [0.29, 0.717) is 5.69 Å². The average molecular weight is 237 g/mol. The van der Waals surface area contributed by atoms with Crippen LogP contribution in [0.2, 0.25) is 0 Å². The van der Waals surface area contributed by atoms with Gasteiger partial charge in [0.2, 0.25) is 0 Å². The Bertz CT molecular complexity index is 441. The summed E-state index contributed by atoms with van der Waals surface area (Å²) in [5.74, 6) is -0.490. The minimum Gasteiger partial charge on any atom is -0.467 e. The molecule has 0 saturated heterocycles. The van der Waals surface area contributed by atoms with E-state index >= 15 is 0 Å². The minimum absolute atomic E-state index is 0.0232. The Morgan fingerprint density at radius 3 is 2.47 bits per heavy atom. The number of nitro groups is 1. The summed E-state index contributed by atoms with van der Waals surface area (Å²) >= 11 is 0. The quantitative estimate of drug-likeness (QED) is 0.347. The van der Waals surface area contributed by atoms with Gasteiger partial charge in [-0.05, 0) is 19.1 Å². The van der Waals surface area contributed by atoms with Crippen LogP contribution in [0.3, 0.4) is 0 Å². The van der Waals surface area contributed by atoms with Crippen molar-refractivity contribution < 1.29 is 14.5 Å². The molecule has 1 rings (SSSR count). The van der Waals surface area contributed by atoms with Crippen LogP contribution in [-0.2, 0) is 9.53 Å². The number of ether oxygens (including phenoxy) is 1. The van der Waals surface area contributed by atoms with Gasteiger partial charge in [-0.15, -0.1) is 0 Å². The number of azo groups is 1. The highest BCUT2D eigenvalue weighted by Crippen LogP contribution is 2.18. The fourth-order valence-electron chi connectivity index (χ4n) is 1.01. The Hall–Kier alpha value is -2.31. The summed E-state index contributed by atoms with van der Waals surface area (Å²) in [7, 11) is 1.26. The molecule has 0 aliphatic rings. The second kappa shape index (κ2) is 5.69. The predicted molar refractivity (Wildman–Crippen MR) is 59.1 cm³/mol. The average Bonchev–Trinajstić information content (AvgIpc) is 2.35. The van der Waals surface area contributed by atoms with Crippen LogP contribution in [0.1, 0.15) is 6.92 Å². The summed E-state index contributed by atoms with van der Waals surface area (Å²) in [6.45, 7) is 1.54. The third-order valence-electron chi connectivity index (χ3n) is 1.95. The summed E-state index contributed by atoms with van der Waals surface area (Å²) in [5.41, 5.74) is 0.413. The summed E-state index contributed by atoms with van der Waals surface area (Å²) in [6.07, 6.45) is 0. The van der Waals surface area contributed by atoms with E-state index in [1.807, 2.05) is 0 Å². The lowest BCUT2D eigenvalue weighted by molar-refractivity contribution is -0.384. The topological polar surface area (TPSA) is 94.2 Å². The second-order valence-corrected chi connectivity index (χ2v) is 3.19. The first-order chi connectivity index (χ1) is 8.04. The van der Waals surface area contributed by atoms with E-state index < -0.39 is 16.9 Å². The van der Waals surface area contributed by atoms with Crippen LogP contribution in [0.15, 0.2) is 34.5 Å². The lowest BCUT2D eigenvalue weighted by Crippen LogP contribution is -2.15. The third-order valence-corrected chi connectivity index (χ3v) is 1.95. The number of non-ortho nitro benzene ring substituents is 1. The number of carbonyl (C=O) groups is 1. The SMILES string of the molecule is COC(=O)C(C)N=Nc1ccc([N+](=O)[O-])cc1. The van der Waals surface area contributed by atoms with Crippen molar-refractivity contribution >= 4 is 17.3 Å². The number of methoxy groups -OCH3 is 1. The number of hydrogen-bond donors (Lipinski definition) is 0. The molecule has 1 atom stereocenters. The standard InChI is InChI=1S/C10H11N3O4/c1-7(10(14)17-2)11-12-8-3-5-9(6-4-8)13(15)16/h3-7H,1-2H3. The molecular formula is C10H11N3O4. The van der Waals surface area contributed by atoms with Gasteiger partial charge >= 0.3 is 5.97 Å². The smallest absolute Gasteiger partial charge is 0.332 e. The first-order valence-electron chi connectivity index (χ1n) is 4.77. The molecule has 0 heterocycles. The largest absolute Gasteiger partial charge is 0.467 e. The molecule has 1 unspecified atom stereocenters. The third kappa shape index (κ3) is 3.63. The zero-order chi connectivity index (χ0) is 12.8. The highest BCUT2D eigenvalue weighted by Gasteiger charge is 2.11. The lowest BCUT2D eigenvalue weighted by Gasteiger charge is -2.00. The summed E-state index contributed by atoms with van der Waals surface area (Å²) in [6, 6.07) is 4.83. The zero-order valence-electron chi connectivity index (χ0n) is 9.36. The summed E-state index contributed by atoms with van der Waals surface area (Å²) in [5, 5.41) is 17.9. The molecule has 0 bridgehead atoms. The fraction of sp³-hybridized carbons (Fsp3) is 0.300. The molecular weight excluding hydrogens is 226 g/mol. The lowest BCUT2D eigenvalue weighted by atomic mass is 10.3. The van der Waals surface area contributed by atoms with Gasteiger partial charge in [-0.1, -0.05) is 0 Å². The Morgan fingerprint density at radius 1 is 1.41 bits per heavy atom. The Labute approximate surface area is 97.3 Å². The Kier molecular flexibility index (Phi) is 4.27. The van der Waals surface area contributed by atoms with Crippen LogP contribution >= 0.6 is 0 Å². The van der Waals surface area contributed by atoms with Gasteiger partial charge < -0.3 is 4.74 Å². The molecule has 90 valence electrons. The van der Waals surface area contributed by atoms with Gasteiger partial charge in [-0.3, -0.25) is 10.1 Å². The van der Waals surface area contributed by atoms with Crippen molar-refractivity contribution in [3.63, 3.8) is 0 Å². The molecule has 7 nitrogen and oxygen atoms in total. The van der Waals surface area contributed by atoms with E-state index in [1.165, 1.54) is 31.4 Å². The van der Waals surface area contributed by atoms with Crippen LogP contribution in [0.25, 0.3) is 0 Å². The van der Waals surface area contributed by atoms with Crippen LogP contribution in [-0.4, -0.2) is 24.0 Å². The van der Waals surface area contributed by atoms with Crippen molar-refractivity contribution in [2.24, 2.45) is 10.2 Å². The monoisotopic (exact) mass is 237 g/mol. The molecule has 0 spiro atoms. The van der Waals surface area contributed by atoms with Gasteiger partial charge in [-0.2, -0.15) is 10.2 Å². The van der Waals surface area contributed by atoms with Gasteiger partial charge in [0.25, 0.3) is 5.69 Å². The number of nitro benzene ring substituents is 1. The summed E-state index contributed by atoms with van der Waals surface area (Å²) < 4.78 is 4.47. The molecule has 7 heteroatoms. The van der Waals surface area contributed by atoms with Crippen molar-refractivity contribution in [3.05, 3.63) is 34.4 Å². The van der Waals surface area contributed by atoms with E-state index in [9.17, 15) is 14.9 Å². The fourth-order valence-corrected chi connectivity index (χ4v) is 1.01. The number of rotatable bonds is 4. The number of esters is 1. The van der Waals surface area contributed by atoms with Crippen LogP contribution in [0, 0.1) is 10.1 Å². The molecule has 1 aromatic rings. The van der Waals surface area contributed by atoms with Gasteiger partial charge in [-0.25, -0.2) is 4.79 Å². The van der Waals surface area contributed by atoms with Crippen molar-refractivity contribution in [3.8, 4) is 0 Å². The first kappa shape index (κ1) is 12.8. The Balaban J connectivity index is 2.72. The van der Waals surface area contributed by atoms with Crippen molar-refractivity contribution in [1.82, 2.24) is 0 Å². The van der Waals surface area contributed by atoms with E-state index in [4.69, 9.17) is 0 Å². The molecule has 0 saturated carbocycles. The second-order valence-electron chi connectivity index (χ2n) is 3.19. The van der Waals surface area contributed by atoms with Crippen LogP contribution in [0.4, 0.5) is 11.4 Å². The Morgan fingerprint density at radius 2 is 2.00 bits per heavy atom. The normalized spacial score (nSPS) is 12.4. The number of benzene rings is 1. The van der Waals surface area contributed by atoms with Gasteiger partial charge in [0, 0.05) is 12.1 Å². The van der Waals surface area contributed by atoms with Crippen molar-refractivity contribution in [2.45, 2.75) is 13.0 Å². The molecule has 17 heavy (non-hydrogen) atoms. The zero-order valence-corrected chi connectivity index (χ0v) is 9.36. The summed E-state index contributed by atoms with van der Waals surface area (Å²) in [4.78, 5) is 20.9. The van der Waals surface area contributed by atoms with Gasteiger partial charge in [0.15, 0.2) is 6.04 Å². The van der Waals surface area contributed by atoms with Crippen LogP contribution < -0.4 is 0 Å². The molecule has 1 aromatic carbocycles. The van der Waals surface area contributed by atoms with E-state index in [0.717, 1.165) is 0 Å². The van der Waals surface area contributed by atoms with E-state index in [-0.39, 0.29) is 5.69 Å². The minimum atomic E-state index is -0.699. The predicted octanol–water partition coefficient (Wildman–Crippen LogP) is 2.24. The molecule has 0 aromatic heterocycles. The van der Waals surface area contributed by atoms with Gasteiger partial charge in [0.1, 0.15) is 0 Å². The molecule has 0 radical (unpaired) electrons. The highest BCUT2D eigenvalue weighted by molar-refractivity contribution is 5.75. The van der Waals surface area contributed by atoms with E-state index in [2.05, 4.69) is 15.0 Å². The first-order valence-corrected chi connectivity index (χ1v) is 4.77. The van der Waals surface area contributed by atoms with Crippen molar-refractivity contribution in [1.29, 1.82) is 0 Å². The number of carbonyl (C=O) groups excluding carboxylic acids is 1. The maximum Gasteiger partial charge on any atom is 0.332 e. The molecule has 0 fully saturated rings. The van der Waals surface area contributed by atoms with E-state index in [1.54, 1.807) is 6.92 Å². The van der Waals surface area contributed by atoms with Crippen LogP contribution in [0.5, 0.6) is 0 Å². The molecule has 0 aliphatic carbocycles. The molecule has 0 aliphatic heterocycles. The van der Waals surface area contributed by atoms with Gasteiger partial charge in [0.05, 0.1) is 17.7 Å². The molecule has 0 N–H and O–H groups in total. The molecule has 0 amide bonds.